The van der Waals surface area contributed by atoms with Gasteiger partial charge in [-0.25, -0.2) is 0 Å². The second-order valence-corrected chi connectivity index (χ2v) is 3.60. The van der Waals surface area contributed by atoms with Crippen molar-refractivity contribution in [3.8, 4) is 5.75 Å². The molecule has 0 N–H and O–H groups in total. The SMILES string of the molecule is COC(=O)Cc1cnc(C)c([N+](=O)[O-])c1OC(F)(F)F. The van der Waals surface area contributed by atoms with Crippen LogP contribution in [-0.4, -0.2) is 29.3 Å². The maximum Gasteiger partial charge on any atom is 0.573 e. The lowest BCUT2D eigenvalue weighted by Gasteiger charge is -2.13. The summed E-state index contributed by atoms with van der Waals surface area (Å²) in [7, 11) is 1.03. The number of hydrogen-bond acceptors (Lipinski definition) is 6. The number of halogens is 3. The molecular weight excluding hydrogens is 285 g/mol. The predicted octanol–water partition coefficient (Wildman–Crippen LogP) is 1.91. The van der Waals surface area contributed by atoms with E-state index in [0.29, 0.717) is 0 Å². The highest BCUT2D eigenvalue weighted by Crippen LogP contribution is 2.37. The van der Waals surface area contributed by atoms with E-state index in [4.69, 9.17) is 0 Å². The quantitative estimate of drug-likeness (QED) is 0.478. The minimum absolute atomic E-state index is 0.261. The van der Waals surface area contributed by atoms with Crippen molar-refractivity contribution in [2.24, 2.45) is 0 Å². The number of alkyl halides is 3. The van der Waals surface area contributed by atoms with Crippen LogP contribution < -0.4 is 4.74 Å². The molecule has 0 radical (unpaired) electrons. The number of aromatic nitrogens is 1. The Balaban J connectivity index is 3.40. The van der Waals surface area contributed by atoms with Crippen LogP contribution in [-0.2, 0) is 16.0 Å². The Morgan fingerprint density at radius 2 is 2.10 bits per heavy atom. The van der Waals surface area contributed by atoms with Crippen LogP contribution in [0, 0.1) is 17.0 Å². The minimum atomic E-state index is -5.14. The summed E-state index contributed by atoms with van der Waals surface area (Å²) in [5.41, 5.74) is -1.59. The molecule has 1 rings (SSSR count). The molecule has 1 aromatic rings. The van der Waals surface area contributed by atoms with Crippen molar-refractivity contribution in [3.63, 3.8) is 0 Å². The van der Waals surface area contributed by atoms with Crippen molar-refractivity contribution in [3.05, 3.63) is 27.6 Å². The van der Waals surface area contributed by atoms with Gasteiger partial charge >= 0.3 is 18.0 Å². The highest BCUT2D eigenvalue weighted by Gasteiger charge is 2.37. The first kappa shape index (κ1) is 15.7. The van der Waals surface area contributed by atoms with Crippen LogP contribution in [0.1, 0.15) is 11.3 Å². The fraction of sp³-hybridized carbons (Fsp3) is 0.400. The third kappa shape index (κ3) is 3.80. The van der Waals surface area contributed by atoms with Gasteiger partial charge in [0, 0.05) is 11.8 Å². The fourth-order valence-corrected chi connectivity index (χ4v) is 1.41. The number of carbonyl (C=O) groups is 1. The Hall–Kier alpha value is -2.39. The molecule has 0 aromatic carbocycles. The van der Waals surface area contributed by atoms with E-state index in [2.05, 4.69) is 14.5 Å². The maximum absolute atomic E-state index is 12.3. The summed E-state index contributed by atoms with van der Waals surface area (Å²) in [5, 5.41) is 10.8. The van der Waals surface area contributed by atoms with Gasteiger partial charge < -0.3 is 9.47 Å². The van der Waals surface area contributed by atoms with Gasteiger partial charge in [-0.15, -0.1) is 13.2 Å². The summed E-state index contributed by atoms with van der Waals surface area (Å²) in [6.45, 7) is 1.16. The van der Waals surface area contributed by atoms with Gasteiger partial charge in [-0.3, -0.25) is 19.9 Å². The van der Waals surface area contributed by atoms with Crippen LogP contribution in [0.3, 0.4) is 0 Å². The number of esters is 1. The standard InChI is InChI=1S/C10H9F3N2O5/c1-5-8(15(17)18)9(20-10(11,12)13)6(4-14-5)3-7(16)19-2/h4H,3H2,1-2H3. The van der Waals surface area contributed by atoms with Gasteiger partial charge in [0.1, 0.15) is 5.69 Å². The molecule has 0 bridgehead atoms. The molecule has 110 valence electrons. The highest BCUT2D eigenvalue weighted by atomic mass is 19.4. The van der Waals surface area contributed by atoms with E-state index >= 15 is 0 Å². The monoisotopic (exact) mass is 294 g/mol. The average molecular weight is 294 g/mol. The molecule has 0 aliphatic rings. The largest absolute Gasteiger partial charge is 0.573 e. The van der Waals surface area contributed by atoms with Gasteiger partial charge in [-0.05, 0) is 6.92 Å². The van der Waals surface area contributed by atoms with Gasteiger partial charge in [0.2, 0.25) is 5.75 Å². The summed E-state index contributed by atoms with van der Waals surface area (Å²) in [6.07, 6.45) is -4.86. The smallest absolute Gasteiger partial charge is 0.469 e. The van der Waals surface area contributed by atoms with Crippen LogP contribution in [0.25, 0.3) is 0 Å². The van der Waals surface area contributed by atoms with Gasteiger partial charge in [-0.2, -0.15) is 0 Å². The zero-order chi connectivity index (χ0) is 15.5. The number of methoxy groups -OCH3 is 1. The number of nitro groups is 1. The topological polar surface area (TPSA) is 91.6 Å². The molecule has 7 nitrogen and oxygen atoms in total. The third-order valence-electron chi connectivity index (χ3n) is 2.23. The number of aryl methyl sites for hydroxylation is 1. The van der Waals surface area contributed by atoms with Crippen molar-refractivity contribution in [1.82, 2.24) is 4.98 Å². The normalized spacial score (nSPS) is 11.1. The van der Waals surface area contributed by atoms with Gasteiger partial charge in [0.15, 0.2) is 0 Å². The van der Waals surface area contributed by atoms with E-state index in [0.717, 1.165) is 20.2 Å². The van der Waals surface area contributed by atoms with Gasteiger partial charge in [0.05, 0.1) is 18.5 Å². The zero-order valence-corrected chi connectivity index (χ0v) is 10.4. The second kappa shape index (κ2) is 5.72. The van der Waals surface area contributed by atoms with E-state index in [1.807, 2.05) is 0 Å². The molecule has 10 heteroatoms. The van der Waals surface area contributed by atoms with E-state index in [9.17, 15) is 28.1 Å². The number of rotatable bonds is 4. The molecule has 0 saturated heterocycles. The molecule has 1 heterocycles. The Kier molecular flexibility index (Phi) is 4.48. The molecule has 20 heavy (non-hydrogen) atoms. The van der Waals surface area contributed by atoms with Crippen molar-refractivity contribution < 1.29 is 32.4 Å². The lowest BCUT2D eigenvalue weighted by Crippen LogP contribution is -2.20. The predicted molar refractivity (Wildman–Crippen MR) is 58.0 cm³/mol. The molecule has 0 saturated carbocycles. The van der Waals surface area contributed by atoms with E-state index in [1.54, 1.807) is 0 Å². The summed E-state index contributed by atoms with van der Waals surface area (Å²) in [4.78, 5) is 24.5. The lowest BCUT2D eigenvalue weighted by atomic mass is 10.1. The number of ether oxygens (including phenoxy) is 2. The van der Waals surface area contributed by atoms with Crippen molar-refractivity contribution >= 4 is 11.7 Å². The van der Waals surface area contributed by atoms with Crippen LogP contribution >= 0.6 is 0 Å². The molecule has 0 amide bonds. The molecule has 0 spiro atoms. The van der Waals surface area contributed by atoms with E-state index in [1.165, 1.54) is 0 Å². The van der Waals surface area contributed by atoms with Crippen LogP contribution in [0.2, 0.25) is 0 Å². The number of nitrogens with zero attached hydrogens (tertiary/aromatic N) is 2. The number of carbonyl (C=O) groups excluding carboxylic acids is 1. The van der Waals surface area contributed by atoms with Crippen molar-refractivity contribution in [1.29, 1.82) is 0 Å². The molecule has 0 fully saturated rings. The first-order chi connectivity index (χ1) is 9.15. The van der Waals surface area contributed by atoms with Crippen LogP contribution in [0.15, 0.2) is 6.20 Å². The lowest BCUT2D eigenvalue weighted by molar-refractivity contribution is -0.389. The van der Waals surface area contributed by atoms with Crippen molar-refractivity contribution in [2.75, 3.05) is 7.11 Å². The highest BCUT2D eigenvalue weighted by molar-refractivity contribution is 5.74. The van der Waals surface area contributed by atoms with E-state index in [-0.39, 0.29) is 11.3 Å². The number of hydrogen-bond donors (Lipinski definition) is 0. The van der Waals surface area contributed by atoms with E-state index < -0.39 is 35.1 Å². The zero-order valence-electron chi connectivity index (χ0n) is 10.4. The van der Waals surface area contributed by atoms with Crippen LogP contribution in [0.5, 0.6) is 5.75 Å². The Morgan fingerprint density at radius 3 is 2.55 bits per heavy atom. The molecular formula is C10H9F3N2O5. The Bertz CT molecular complexity index is 544. The summed E-state index contributed by atoms with van der Waals surface area (Å²) in [5.74, 6) is -1.93. The van der Waals surface area contributed by atoms with Gasteiger partial charge in [0.25, 0.3) is 0 Å². The summed E-state index contributed by atoms with van der Waals surface area (Å²) < 4.78 is 45.0. The Morgan fingerprint density at radius 1 is 1.50 bits per heavy atom. The van der Waals surface area contributed by atoms with Crippen LogP contribution in [0.4, 0.5) is 18.9 Å². The fourth-order valence-electron chi connectivity index (χ4n) is 1.41. The number of pyridine rings is 1. The first-order valence-corrected chi connectivity index (χ1v) is 5.11. The molecule has 0 aliphatic heterocycles. The summed E-state index contributed by atoms with van der Waals surface area (Å²) in [6, 6.07) is 0. The van der Waals surface area contributed by atoms with Crippen molar-refractivity contribution in [2.45, 2.75) is 19.7 Å². The average Bonchev–Trinajstić information content (AvgIpc) is 2.30. The Labute approximate surface area is 110 Å². The minimum Gasteiger partial charge on any atom is -0.469 e. The second-order valence-electron chi connectivity index (χ2n) is 3.60. The maximum atomic E-state index is 12.3. The molecule has 0 unspecified atom stereocenters. The first-order valence-electron chi connectivity index (χ1n) is 5.11. The molecule has 0 aliphatic carbocycles. The molecule has 0 atom stereocenters. The third-order valence-corrected chi connectivity index (χ3v) is 2.23. The molecule has 1 aromatic heterocycles. The summed E-state index contributed by atoms with van der Waals surface area (Å²) >= 11 is 0. The van der Waals surface area contributed by atoms with Gasteiger partial charge in [-0.1, -0.05) is 0 Å².